The number of allylic oxidation sites excluding steroid dienone is 1. The lowest BCUT2D eigenvalue weighted by molar-refractivity contribution is 0.188. The zero-order valence-corrected chi connectivity index (χ0v) is 11.6. The molecule has 88 valence electrons. The van der Waals surface area contributed by atoms with Crippen molar-refractivity contribution in [3.63, 3.8) is 0 Å². The Labute approximate surface area is 100 Å². The van der Waals surface area contributed by atoms with Crippen LogP contribution in [0, 0.1) is 0 Å². The van der Waals surface area contributed by atoms with Crippen LogP contribution in [0.1, 0.15) is 24.5 Å². The van der Waals surface area contributed by atoms with Crippen LogP contribution in [0.2, 0.25) is 19.6 Å². The maximum absolute atomic E-state index is 6.22. The predicted octanol–water partition coefficient (Wildman–Crippen LogP) is 4.55. The second kappa shape index (κ2) is 6.02. The van der Waals surface area contributed by atoms with Crippen molar-refractivity contribution in [2.45, 2.75) is 38.6 Å². The van der Waals surface area contributed by atoms with E-state index >= 15 is 0 Å². The minimum absolute atomic E-state index is 0.228. The van der Waals surface area contributed by atoms with Gasteiger partial charge in [0.2, 0.25) is 0 Å². The van der Waals surface area contributed by atoms with Crippen molar-refractivity contribution >= 4 is 8.32 Å². The summed E-state index contributed by atoms with van der Waals surface area (Å²) >= 11 is 0. The minimum Gasteiger partial charge on any atom is -0.411 e. The molecule has 0 N–H and O–H groups in total. The van der Waals surface area contributed by atoms with Crippen LogP contribution in [0.25, 0.3) is 0 Å². The molecule has 0 aliphatic rings. The summed E-state index contributed by atoms with van der Waals surface area (Å²) in [7, 11) is -1.49. The fourth-order valence-electron chi connectivity index (χ4n) is 1.66. The van der Waals surface area contributed by atoms with Gasteiger partial charge in [-0.1, -0.05) is 36.4 Å². The molecule has 0 amide bonds. The molecule has 2 heteroatoms. The summed E-state index contributed by atoms with van der Waals surface area (Å²) < 4.78 is 6.22. The van der Waals surface area contributed by atoms with E-state index in [2.05, 4.69) is 50.5 Å². The van der Waals surface area contributed by atoms with Gasteiger partial charge in [-0.05, 0) is 38.0 Å². The Morgan fingerprint density at radius 1 is 1.25 bits per heavy atom. The van der Waals surface area contributed by atoms with Crippen LogP contribution < -0.4 is 0 Å². The van der Waals surface area contributed by atoms with Crippen LogP contribution in [0.5, 0.6) is 0 Å². The van der Waals surface area contributed by atoms with Crippen LogP contribution in [0.15, 0.2) is 43.0 Å². The molecule has 0 aliphatic heterocycles. The highest BCUT2D eigenvalue weighted by Crippen LogP contribution is 2.26. The van der Waals surface area contributed by atoms with Crippen LogP contribution >= 0.6 is 0 Å². The Hall–Kier alpha value is -0.863. The zero-order valence-electron chi connectivity index (χ0n) is 10.6. The van der Waals surface area contributed by atoms with Crippen LogP contribution in [-0.2, 0) is 4.43 Å². The van der Waals surface area contributed by atoms with E-state index in [1.807, 2.05) is 12.1 Å². The number of hydrogen-bond acceptors (Lipinski definition) is 1. The van der Waals surface area contributed by atoms with Crippen molar-refractivity contribution in [2.75, 3.05) is 0 Å². The first-order valence-corrected chi connectivity index (χ1v) is 9.27. The molecule has 1 aromatic rings. The molecule has 0 bridgehead atoms. The Morgan fingerprint density at radius 2 is 1.88 bits per heavy atom. The third-order valence-corrected chi connectivity index (χ3v) is 3.29. The normalized spacial score (nSPS) is 13.4. The van der Waals surface area contributed by atoms with Crippen LogP contribution in [0.4, 0.5) is 0 Å². The molecule has 1 rings (SSSR count). The van der Waals surface area contributed by atoms with E-state index < -0.39 is 8.32 Å². The topological polar surface area (TPSA) is 9.23 Å². The molecule has 0 saturated carbocycles. The van der Waals surface area contributed by atoms with E-state index in [4.69, 9.17) is 4.43 Å². The summed E-state index contributed by atoms with van der Waals surface area (Å²) in [5.74, 6) is 0. The lowest BCUT2D eigenvalue weighted by Gasteiger charge is -2.26. The zero-order chi connectivity index (χ0) is 12.0. The van der Waals surface area contributed by atoms with E-state index in [9.17, 15) is 0 Å². The lowest BCUT2D eigenvalue weighted by Crippen LogP contribution is -2.28. The largest absolute Gasteiger partial charge is 0.411 e. The molecule has 0 fully saturated rings. The number of benzene rings is 1. The van der Waals surface area contributed by atoms with Crippen molar-refractivity contribution in [1.29, 1.82) is 0 Å². The van der Waals surface area contributed by atoms with Crippen molar-refractivity contribution < 1.29 is 4.43 Å². The number of hydrogen-bond donors (Lipinski definition) is 0. The fourth-order valence-corrected chi connectivity index (χ4v) is 2.76. The van der Waals surface area contributed by atoms with Crippen molar-refractivity contribution in [1.82, 2.24) is 0 Å². The van der Waals surface area contributed by atoms with Gasteiger partial charge in [0.05, 0.1) is 6.10 Å². The maximum Gasteiger partial charge on any atom is 0.184 e. The van der Waals surface area contributed by atoms with Gasteiger partial charge in [-0.15, -0.1) is 6.58 Å². The molecule has 0 aromatic heterocycles. The molecule has 16 heavy (non-hydrogen) atoms. The Bertz CT molecular complexity index is 313. The molecule has 0 spiro atoms. The van der Waals surface area contributed by atoms with Crippen LogP contribution in [0.3, 0.4) is 0 Å². The summed E-state index contributed by atoms with van der Waals surface area (Å²) in [5.41, 5.74) is 1.28. The second-order valence-corrected chi connectivity index (χ2v) is 9.46. The Kier molecular flexibility index (Phi) is 4.96. The molecule has 1 aromatic carbocycles. The highest BCUT2D eigenvalue weighted by atomic mass is 28.4. The molecule has 0 radical (unpaired) electrons. The summed E-state index contributed by atoms with van der Waals surface area (Å²) in [6.45, 7) is 10.5. The quantitative estimate of drug-likeness (QED) is 0.518. The number of rotatable bonds is 6. The molecule has 1 atom stereocenters. The van der Waals surface area contributed by atoms with E-state index in [1.165, 1.54) is 5.56 Å². The summed E-state index contributed by atoms with van der Waals surface area (Å²) in [5, 5.41) is 0. The van der Waals surface area contributed by atoms with Crippen molar-refractivity contribution in [3.8, 4) is 0 Å². The van der Waals surface area contributed by atoms with E-state index in [-0.39, 0.29) is 6.10 Å². The molecule has 0 heterocycles. The maximum atomic E-state index is 6.22. The van der Waals surface area contributed by atoms with Gasteiger partial charge in [0.15, 0.2) is 8.32 Å². The molecule has 0 saturated heterocycles. The van der Waals surface area contributed by atoms with Crippen LogP contribution in [-0.4, -0.2) is 8.32 Å². The van der Waals surface area contributed by atoms with Gasteiger partial charge in [0.1, 0.15) is 0 Å². The van der Waals surface area contributed by atoms with Crippen molar-refractivity contribution in [3.05, 3.63) is 48.6 Å². The molecular formula is C14H22OSi. The fraction of sp³-hybridized carbons (Fsp3) is 0.429. The standard InChI is InChI=1S/C14H22OSi/c1-5-6-12-14(15-16(2,3)4)13-10-8-7-9-11-13/h5,7-11,14H,1,6,12H2,2-4H3. The monoisotopic (exact) mass is 234 g/mol. The first kappa shape index (κ1) is 13.2. The van der Waals surface area contributed by atoms with E-state index in [0.29, 0.717) is 0 Å². The van der Waals surface area contributed by atoms with E-state index in [0.717, 1.165) is 12.8 Å². The summed E-state index contributed by atoms with van der Waals surface area (Å²) in [6, 6.07) is 10.5. The smallest absolute Gasteiger partial charge is 0.184 e. The first-order chi connectivity index (χ1) is 7.53. The third-order valence-electron chi connectivity index (χ3n) is 2.30. The van der Waals surface area contributed by atoms with Gasteiger partial charge < -0.3 is 4.43 Å². The highest BCUT2D eigenvalue weighted by Gasteiger charge is 2.21. The second-order valence-electron chi connectivity index (χ2n) is 5.00. The summed E-state index contributed by atoms with van der Waals surface area (Å²) in [4.78, 5) is 0. The van der Waals surface area contributed by atoms with Gasteiger partial charge in [0.25, 0.3) is 0 Å². The van der Waals surface area contributed by atoms with Gasteiger partial charge in [-0.3, -0.25) is 0 Å². The molecule has 1 nitrogen and oxygen atoms in total. The van der Waals surface area contributed by atoms with Crippen molar-refractivity contribution in [2.24, 2.45) is 0 Å². The van der Waals surface area contributed by atoms with E-state index in [1.54, 1.807) is 0 Å². The minimum atomic E-state index is -1.49. The molecule has 0 aliphatic carbocycles. The highest BCUT2D eigenvalue weighted by molar-refractivity contribution is 6.69. The Morgan fingerprint density at radius 3 is 2.38 bits per heavy atom. The predicted molar refractivity (Wildman–Crippen MR) is 73.0 cm³/mol. The first-order valence-electron chi connectivity index (χ1n) is 5.86. The third kappa shape index (κ3) is 4.77. The van der Waals surface area contributed by atoms with Gasteiger partial charge in [-0.25, -0.2) is 0 Å². The average molecular weight is 234 g/mol. The SMILES string of the molecule is C=CCCC(O[Si](C)(C)C)c1ccccc1. The summed E-state index contributed by atoms with van der Waals surface area (Å²) in [6.07, 6.45) is 4.22. The average Bonchev–Trinajstić information content (AvgIpc) is 2.24. The van der Waals surface area contributed by atoms with Gasteiger partial charge in [-0.2, -0.15) is 0 Å². The van der Waals surface area contributed by atoms with Gasteiger partial charge >= 0.3 is 0 Å². The molecular weight excluding hydrogens is 212 g/mol. The van der Waals surface area contributed by atoms with Gasteiger partial charge in [0, 0.05) is 0 Å². The molecule has 1 unspecified atom stereocenters. The Balaban J connectivity index is 2.75. The lowest BCUT2D eigenvalue weighted by atomic mass is 10.1.